The van der Waals surface area contributed by atoms with Gasteiger partial charge in [0.25, 0.3) is 0 Å². The van der Waals surface area contributed by atoms with E-state index in [0.717, 1.165) is 22.8 Å². The summed E-state index contributed by atoms with van der Waals surface area (Å²) >= 11 is 0. The van der Waals surface area contributed by atoms with Gasteiger partial charge in [-0.1, -0.05) is 25.1 Å². The van der Waals surface area contributed by atoms with Crippen LogP contribution in [-0.2, 0) is 0 Å². The molecule has 0 radical (unpaired) electrons. The Morgan fingerprint density at radius 1 is 0.952 bits per heavy atom. The normalized spacial score (nSPS) is 12.5. The standard InChI is InChI=1S/C17H18F3N/c1-4-21-17(12-7-5-6-10(2)11(12)3)13-8-15(19)16(20)9-14(13)18/h5-9,17,21H,4H2,1-3H3. The Bertz CT molecular complexity index is 653. The lowest BCUT2D eigenvalue weighted by atomic mass is 9.92. The number of hydrogen-bond acceptors (Lipinski definition) is 1. The van der Waals surface area contributed by atoms with Gasteiger partial charge >= 0.3 is 0 Å². The molecule has 0 amide bonds. The predicted octanol–water partition coefficient (Wildman–Crippen LogP) is 4.42. The third-order valence-corrected chi connectivity index (χ3v) is 3.72. The van der Waals surface area contributed by atoms with Crippen LogP contribution < -0.4 is 5.32 Å². The largest absolute Gasteiger partial charge is 0.306 e. The van der Waals surface area contributed by atoms with Crippen LogP contribution in [0.4, 0.5) is 13.2 Å². The van der Waals surface area contributed by atoms with Crippen molar-refractivity contribution >= 4 is 0 Å². The van der Waals surface area contributed by atoms with Crippen molar-refractivity contribution in [3.05, 3.63) is 70.0 Å². The van der Waals surface area contributed by atoms with Crippen molar-refractivity contribution in [3.8, 4) is 0 Å². The molecule has 0 spiro atoms. The molecule has 0 aliphatic rings. The van der Waals surface area contributed by atoms with E-state index < -0.39 is 23.5 Å². The van der Waals surface area contributed by atoms with Gasteiger partial charge in [-0.15, -0.1) is 0 Å². The summed E-state index contributed by atoms with van der Waals surface area (Å²) in [5.41, 5.74) is 3.05. The summed E-state index contributed by atoms with van der Waals surface area (Å²) in [6, 6.07) is 6.73. The average molecular weight is 293 g/mol. The van der Waals surface area contributed by atoms with Crippen molar-refractivity contribution in [3.63, 3.8) is 0 Å². The summed E-state index contributed by atoms with van der Waals surface area (Å²) in [4.78, 5) is 0. The van der Waals surface area contributed by atoms with Crippen LogP contribution in [-0.4, -0.2) is 6.54 Å². The molecule has 1 N–H and O–H groups in total. The lowest BCUT2D eigenvalue weighted by Crippen LogP contribution is -2.24. The van der Waals surface area contributed by atoms with Crippen LogP contribution in [0.5, 0.6) is 0 Å². The maximum Gasteiger partial charge on any atom is 0.161 e. The Kier molecular flexibility index (Phi) is 4.68. The van der Waals surface area contributed by atoms with Crippen LogP contribution in [0.25, 0.3) is 0 Å². The van der Waals surface area contributed by atoms with E-state index >= 15 is 0 Å². The Morgan fingerprint density at radius 2 is 1.62 bits per heavy atom. The zero-order chi connectivity index (χ0) is 15.6. The smallest absolute Gasteiger partial charge is 0.161 e. The van der Waals surface area contributed by atoms with Gasteiger partial charge in [0.2, 0.25) is 0 Å². The van der Waals surface area contributed by atoms with Crippen LogP contribution in [0.15, 0.2) is 30.3 Å². The lowest BCUT2D eigenvalue weighted by molar-refractivity contribution is 0.481. The summed E-state index contributed by atoms with van der Waals surface area (Å²) in [5.74, 6) is -2.96. The molecular formula is C17H18F3N. The van der Waals surface area contributed by atoms with E-state index in [1.807, 2.05) is 39.0 Å². The zero-order valence-electron chi connectivity index (χ0n) is 12.3. The Hall–Kier alpha value is -1.81. The van der Waals surface area contributed by atoms with E-state index in [4.69, 9.17) is 0 Å². The van der Waals surface area contributed by atoms with Gasteiger partial charge in [-0.25, -0.2) is 13.2 Å². The third kappa shape index (κ3) is 3.10. The maximum absolute atomic E-state index is 14.1. The van der Waals surface area contributed by atoms with E-state index in [1.54, 1.807) is 0 Å². The topological polar surface area (TPSA) is 12.0 Å². The molecule has 0 aliphatic carbocycles. The molecule has 2 aromatic carbocycles. The predicted molar refractivity (Wildman–Crippen MR) is 77.8 cm³/mol. The molecule has 1 nitrogen and oxygen atoms in total. The number of hydrogen-bond donors (Lipinski definition) is 1. The Balaban J connectivity index is 2.59. The fraction of sp³-hybridized carbons (Fsp3) is 0.294. The van der Waals surface area contributed by atoms with Crippen molar-refractivity contribution in [1.29, 1.82) is 0 Å². The van der Waals surface area contributed by atoms with Crippen molar-refractivity contribution < 1.29 is 13.2 Å². The number of halogens is 3. The first-order valence-electron chi connectivity index (χ1n) is 6.89. The second kappa shape index (κ2) is 6.31. The minimum Gasteiger partial charge on any atom is -0.306 e. The molecule has 0 saturated heterocycles. The van der Waals surface area contributed by atoms with Crippen LogP contribution in [0.3, 0.4) is 0 Å². The fourth-order valence-corrected chi connectivity index (χ4v) is 2.44. The van der Waals surface area contributed by atoms with Crippen molar-refractivity contribution in [2.45, 2.75) is 26.8 Å². The molecule has 2 rings (SSSR count). The van der Waals surface area contributed by atoms with Gasteiger partial charge < -0.3 is 5.32 Å². The SMILES string of the molecule is CCNC(c1cc(F)c(F)cc1F)c1cccc(C)c1C. The highest BCUT2D eigenvalue weighted by Crippen LogP contribution is 2.29. The van der Waals surface area contributed by atoms with Crippen LogP contribution in [0, 0.1) is 31.3 Å². The lowest BCUT2D eigenvalue weighted by Gasteiger charge is -2.22. The van der Waals surface area contributed by atoms with Crippen LogP contribution >= 0.6 is 0 Å². The third-order valence-electron chi connectivity index (χ3n) is 3.72. The minimum atomic E-state index is -1.17. The van der Waals surface area contributed by atoms with Gasteiger partial charge in [-0.05, 0) is 43.1 Å². The van der Waals surface area contributed by atoms with Gasteiger partial charge in [0, 0.05) is 11.6 Å². The average Bonchev–Trinajstić information content (AvgIpc) is 2.44. The molecule has 1 atom stereocenters. The quantitative estimate of drug-likeness (QED) is 0.823. The van der Waals surface area contributed by atoms with Gasteiger partial charge in [-0.3, -0.25) is 0 Å². The minimum absolute atomic E-state index is 0.115. The molecule has 2 aromatic rings. The van der Waals surface area contributed by atoms with E-state index in [0.29, 0.717) is 12.6 Å². The molecule has 112 valence electrons. The second-order valence-electron chi connectivity index (χ2n) is 5.07. The maximum atomic E-state index is 14.1. The fourth-order valence-electron chi connectivity index (χ4n) is 2.44. The molecule has 0 bridgehead atoms. The summed E-state index contributed by atoms with van der Waals surface area (Å²) in [5, 5.41) is 3.14. The molecule has 0 aliphatic heterocycles. The first-order valence-corrected chi connectivity index (χ1v) is 6.89. The molecular weight excluding hydrogens is 275 g/mol. The van der Waals surface area contributed by atoms with Crippen molar-refractivity contribution in [2.24, 2.45) is 0 Å². The van der Waals surface area contributed by atoms with Crippen molar-refractivity contribution in [2.75, 3.05) is 6.54 Å². The second-order valence-corrected chi connectivity index (χ2v) is 5.07. The van der Waals surface area contributed by atoms with E-state index in [1.165, 1.54) is 0 Å². The summed E-state index contributed by atoms with van der Waals surface area (Å²) in [6.07, 6.45) is 0. The van der Waals surface area contributed by atoms with E-state index in [-0.39, 0.29) is 5.56 Å². The number of benzene rings is 2. The molecule has 0 aromatic heterocycles. The van der Waals surface area contributed by atoms with Crippen LogP contribution in [0.1, 0.15) is 35.2 Å². The van der Waals surface area contributed by atoms with Gasteiger partial charge in [0.1, 0.15) is 5.82 Å². The van der Waals surface area contributed by atoms with Gasteiger partial charge in [0.05, 0.1) is 6.04 Å². The highest BCUT2D eigenvalue weighted by Gasteiger charge is 2.21. The number of rotatable bonds is 4. The Morgan fingerprint density at radius 3 is 2.29 bits per heavy atom. The number of nitrogens with one attached hydrogen (secondary N) is 1. The first-order chi connectivity index (χ1) is 9.95. The zero-order valence-corrected chi connectivity index (χ0v) is 12.3. The highest BCUT2D eigenvalue weighted by molar-refractivity contribution is 5.41. The summed E-state index contributed by atoms with van der Waals surface area (Å²) in [6.45, 7) is 6.36. The van der Waals surface area contributed by atoms with Crippen molar-refractivity contribution in [1.82, 2.24) is 5.32 Å². The molecule has 21 heavy (non-hydrogen) atoms. The van der Waals surface area contributed by atoms with E-state index in [9.17, 15) is 13.2 Å². The van der Waals surface area contributed by atoms with Crippen LogP contribution in [0.2, 0.25) is 0 Å². The molecule has 1 unspecified atom stereocenters. The van der Waals surface area contributed by atoms with E-state index in [2.05, 4.69) is 5.32 Å². The Labute approximate surface area is 122 Å². The first kappa shape index (κ1) is 15.6. The molecule has 0 heterocycles. The summed E-state index contributed by atoms with van der Waals surface area (Å²) in [7, 11) is 0. The highest BCUT2D eigenvalue weighted by atomic mass is 19.2. The summed E-state index contributed by atoms with van der Waals surface area (Å²) < 4.78 is 40.7. The van der Waals surface area contributed by atoms with Gasteiger partial charge in [-0.2, -0.15) is 0 Å². The molecule has 4 heteroatoms. The monoisotopic (exact) mass is 293 g/mol. The molecule has 0 saturated carbocycles. The number of aryl methyl sites for hydroxylation is 1. The van der Waals surface area contributed by atoms with Gasteiger partial charge in [0.15, 0.2) is 11.6 Å². The molecule has 0 fully saturated rings.